The molecule has 0 amide bonds. The van der Waals surface area contributed by atoms with E-state index in [9.17, 15) is 4.79 Å². The Bertz CT molecular complexity index is 828. The Kier molecular flexibility index (Phi) is 4.39. The number of ether oxygens (including phenoxy) is 1. The van der Waals surface area contributed by atoms with Crippen LogP contribution in [0.5, 0.6) is 5.75 Å². The van der Waals surface area contributed by atoms with Crippen molar-refractivity contribution in [1.29, 1.82) is 0 Å². The lowest BCUT2D eigenvalue weighted by atomic mass is 10.1. The number of carbonyl (C=O) groups excluding carboxylic acids is 1. The van der Waals surface area contributed by atoms with Crippen molar-refractivity contribution in [2.24, 2.45) is 0 Å². The molecule has 1 aromatic heterocycles. The molecule has 0 atom stereocenters. The van der Waals surface area contributed by atoms with Crippen molar-refractivity contribution >= 4 is 17.4 Å². The first-order chi connectivity index (χ1) is 11.1. The monoisotopic (exact) mass is 328 g/mol. The normalized spacial score (nSPS) is 10.5. The van der Waals surface area contributed by atoms with E-state index >= 15 is 0 Å². The average molecular weight is 329 g/mol. The van der Waals surface area contributed by atoms with Gasteiger partial charge in [-0.2, -0.15) is 0 Å². The number of benzene rings is 2. The minimum Gasteiger partial charge on any atom is -0.484 e. The summed E-state index contributed by atoms with van der Waals surface area (Å²) in [7, 11) is 0. The van der Waals surface area contributed by atoms with E-state index in [2.05, 4.69) is 10.2 Å². The second-order valence-corrected chi connectivity index (χ2v) is 5.26. The maximum atomic E-state index is 11.2. The van der Waals surface area contributed by atoms with Crippen molar-refractivity contribution in [3.05, 3.63) is 65.0 Å². The first-order valence-electron chi connectivity index (χ1n) is 6.94. The highest BCUT2D eigenvalue weighted by Crippen LogP contribution is 2.26. The number of ketones is 1. The zero-order valence-corrected chi connectivity index (χ0v) is 13.1. The largest absolute Gasteiger partial charge is 0.484 e. The molecule has 1 heterocycles. The van der Waals surface area contributed by atoms with E-state index in [1.165, 1.54) is 6.92 Å². The van der Waals surface area contributed by atoms with Crippen LogP contribution in [0.25, 0.3) is 11.5 Å². The summed E-state index contributed by atoms with van der Waals surface area (Å²) < 4.78 is 11.1. The van der Waals surface area contributed by atoms with Crippen LogP contribution in [0, 0.1) is 0 Å². The fourth-order valence-electron chi connectivity index (χ4n) is 1.99. The third-order valence-electron chi connectivity index (χ3n) is 3.19. The highest BCUT2D eigenvalue weighted by molar-refractivity contribution is 6.33. The summed E-state index contributed by atoms with van der Waals surface area (Å²) in [4.78, 5) is 11.2. The molecule has 0 aliphatic rings. The van der Waals surface area contributed by atoms with E-state index in [4.69, 9.17) is 20.8 Å². The van der Waals surface area contributed by atoms with Gasteiger partial charge in [0.2, 0.25) is 5.89 Å². The predicted molar refractivity (Wildman–Crippen MR) is 85.5 cm³/mol. The summed E-state index contributed by atoms with van der Waals surface area (Å²) in [6.07, 6.45) is 0. The van der Waals surface area contributed by atoms with Crippen molar-refractivity contribution in [1.82, 2.24) is 10.2 Å². The molecule has 6 heteroatoms. The molecule has 0 fully saturated rings. The number of halogens is 1. The average Bonchev–Trinajstić information content (AvgIpc) is 3.02. The van der Waals surface area contributed by atoms with Crippen LogP contribution in [-0.2, 0) is 6.61 Å². The fourth-order valence-corrected chi connectivity index (χ4v) is 2.20. The summed E-state index contributed by atoms with van der Waals surface area (Å²) in [5.74, 6) is 1.32. The first-order valence-corrected chi connectivity index (χ1v) is 7.32. The van der Waals surface area contributed by atoms with Gasteiger partial charge in [0.05, 0.1) is 10.6 Å². The molecule has 116 valence electrons. The maximum Gasteiger partial charge on any atom is 0.254 e. The van der Waals surface area contributed by atoms with E-state index in [-0.39, 0.29) is 12.4 Å². The predicted octanol–water partition coefficient (Wildman–Crippen LogP) is 4.17. The lowest BCUT2D eigenvalue weighted by Crippen LogP contribution is -1.97. The number of carbonyl (C=O) groups is 1. The Labute approximate surface area is 137 Å². The first kappa shape index (κ1) is 15.2. The molecule has 2 aromatic carbocycles. The van der Waals surface area contributed by atoms with Gasteiger partial charge in [-0.3, -0.25) is 4.79 Å². The molecule has 23 heavy (non-hydrogen) atoms. The van der Waals surface area contributed by atoms with Crippen molar-refractivity contribution < 1.29 is 13.9 Å². The number of aromatic nitrogens is 2. The molecular weight excluding hydrogens is 316 g/mol. The molecule has 0 aliphatic carbocycles. The number of Topliss-reactive ketones (excluding diaryl/α,β-unsaturated/α-hetero) is 1. The third-order valence-corrected chi connectivity index (χ3v) is 3.52. The smallest absolute Gasteiger partial charge is 0.254 e. The van der Waals surface area contributed by atoms with E-state index in [0.717, 1.165) is 0 Å². The SMILES string of the molecule is CC(=O)c1ccc(OCc2nnc(-c3ccccc3Cl)o2)cc1. The number of hydrogen-bond acceptors (Lipinski definition) is 5. The topological polar surface area (TPSA) is 65.2 Å². The summed E-state index contributed by atoms with van der Waals surface area (Å²) in [5.41, 5.74) is 1.31. The fraction of sp³-hybridized carbons (Fsp3) is 0.118. The molecule has 3 aromatic rings. The van der Waals surface area contributed by atoms with Gasteiger partial charge in [0, 0.05) is 5.56 Å². The quantitative estimate of drug-likeness (QED) is 0.657. The van der Waals surface area contributed by atoms with Gasteiger partial charge in [-0.05, 0) is 43.3 Å². The van der Waals surface area contributed by atoms with Gasteiger partial charge >= 0.3 is 0 Å². The maximum absolute atomic E-state index is 11.2. The Morgan fingerprint density at radius 1 is 1.13 bits per heavy atom. The van der Waals surface area contributed by atoms with Crippen molar-refractivity contribution in [3.8, 4) is 17.2 Å². The highest BCUT2D eigenvalue weighted by atomic mass is 35.5. The summed E-state index contributed by atoms with van der Waals surface area (Å²) >= 11 is 6.09. The van der Waals surface area contributed by atoms with Crippen LogP contribution >= 0.6 is 11.6 Å². The second-order valence-electron chi connectivity index (χ2n) is 4.85. The van der Waals surface area contributed by atoms with Gasteiger partial charge in [0.15, 0.2) is 12.4 Å². The summed E-state index contributed by atoms with van der Waals surface area (Å²) in [6, 6.07) is 14.1. The molecule has 0 spiro atoms. The molecule has 3 rings (SSSR count). The van der Waals surface area contributed by atoms with E-state index in [1.807, 2.05) is 12.1 Å². The zero-order chi connectivity index (χ0) is 16.2. The Morgan fingerprint density at radius 2 is 1.87 bits per heavy atom. The van der Waals surface area contributed by atoms with Crippen LogP contribution in [-0.4, -0.2) is 16.0 Å². The molecule has 0 radical (unpaired) electrons. The van der Waals surface area contributed by atoms with E-state index < -0.39 is 0 Å². The van der Waals surface area contributed by atoms with Gasteiger partial charge < -0.3 is 9.15 Å². The Morgan fingerprint density at radius 3 is 2.57 bits per heavy atom. The lowest BCUT2D eigenvalue weighted by Gasteiger charge is -2.03. The van der Waals surface area contributed by atoms with Crippen molar-refractivity contribution in [3.63, 3.8) is 0 Å². The molecule has 0 N–H and O–H groups in total. The van der Waals surface area contributed by atoms with Crippen LogP contribution in [0.4, 0.5) is 0 Å². The van der Waals surface area contributed by atoms with Crippen molar-refractivity contribution in [2.75, 3.05) is 0 Å². The van der Waals surface area contributed by atoms with E-state index in [1.54, 1.807) is 36.4 Å². The van der Waals surface area contributed by atoms with Gasteiger partial charge in [0.1, 0.15) is 5.75 Å². The van der Waals surface area contributed by atoms with E-state index in [0.29, 0.717) is 33.7 Å². The Hall–Kier alpha value is -2.66. The molecule has 0 unspecified atom stereocenters. The molecule has 0 saturated heterocycles. The standard InChI is InChI=1S/C17H13ClN2O3/c1-11(21)12-6-8-13(9-7-12)22-10-16-19-20-17(23-16)14-4-2-3-5-15(14)18/h2-9H,10H2,1H3. The van der Waals surface area contributed by atoms with Crippen LogP contribution in [0.1, 0.15) is 23.2 Å². The van der Waals surface area contributed by atoms with Crippen LogP contribution in [0.15, 0.2) is 52.9 Å². The number of hydrogen-bond donors (Lipinski definition) is 0. The van der Waals surface area contributed by atoms with Gasteiger partial charge in [-0.15, -0.1) is 10.2 Å². The van der Waals surface area contributed by atoms with Gasteiger partial charge in [-0.25, -0.2) is 0 Å². The molecule has 0 aliphatic heterocycles. The summed E-state index contributed by atoms with van der Waals surface area (Å²) in [5, 5.41) is 8.46. The Balaban J connectivity index is 1.68. The number of rotatable bonds is 5. The second kappa shape index (κ2) is 6.62. The summed E-state index contributed by atoms with van der Waals surface area (Å²) in [6.45, 7) is 1.65. The highest BCUT2D eigenvalue weighted by Gasteiger charge is 2.11. The third kappa shape index (κ3) is 3.57. The number of nitrogens with zero attached hydrogens (tertiary/aromatic N) is 2. The lowest BCUT2D eigenvalue weighted by molar-refractivity contribution is 0.101. The minimum atomic E-state index is 0.0119. The molecular formula is C17H13ClN2O3. The minimum absolute atomic E-state index is 0.0119. The van der Waals surface area contributed by atoms with Gasteiger partial charge in [-0.1, -0.05) is 23.7 Å². The van der Waals surface area contributed by atoms with Crippen molar-refractivity contribution in [2.45, 2.75) is 13.5 Å². The van der Waals surface area contributed by atoms with Crippen LogP contribution in [0.2, 0.25) is 5.02 Å². The van der Waals surface area contributed by atoms with Gasteiger partial charge in [0.25, 0.3) is 5.89 Å². The molecule has 0 bridgehead atoms. The molecule has 5 nitrogen and oxygen atoms in total. The van der Waals surface area contributed by atoms with Crippen LogP contribution in [0.3, 0.4) is 0 Å². The molecule has 0 saturated carbocycles. The zero-order valence-electron chi connectivity index (χ0n) is 12.3. The van der Waals surface area contributed by atoms with Crippen LogP contribution < -0.4 is 4.74 Å².